The molecular formula is C16H12ClNOS. The quantitative estimate of drug-likeness (QED) is 0.669. The van der Waals surface area contributed by atoms with Crippen molar-refractivity contribution < 1.29 is 4.74 Å². The maximum Gasteiger partial charge on any atom is 0.119 e. The highest BCUT2D eigenvalue weighted by Gasteiger charge is 2.04. The van der Waals surface area contributed by atoms with Crippen LogP contribution in [0.2, 0.25) is 5.02 Å². The monoisotopic (exact) mass is 301 g/mol. The van der Waals surface area contributed by atoms with Crippen LogP contribution >= 0.6 is 22.9 Å². The first-order valence-corrected chi connectivity index (χ1v) is 7.43. The van der Waals surface area contributed by atoms with Crippen LogP contribution in [0.15, 0.2) is 41.1 Å². The largest absolute Gasteiger partial charge is 0.497 e. The Kier molecular flexibility index (Phi) is 3.72. The highest BCUT2D eigenvalue weighted by molar-refractivity contribution is 7.08. The van der Waals surface area contributed by atoms with Crippen LogP contribution in [0.3, 0.4) is 0 Å². The summed E-state index contributed by atoms with van der Waals surface area (Å²) in [7, 11) is 1.64. The lowest BCUT2D eigenvalue weighted by Crippen LogP contribution is -1.87. The minimum atomic E-state index is 0.680. The molecule has 1 aromatic carbocycles. The Morgan fingerprint density at radius 1 is 1.20 bits per heavy atom. The zero-order valence-corrected chi connectivity index (χ0v) is 12.4. The van der Waals surface area contributed by atoms with Gasteiger partial charge < -0.3 is 4.74 Å². The van der Waals surface area contributed by atoms with E-state index in [0.717, 1.165) is 22.3 Å². The van der Waals surface area contributed by atoms with Gasteiger partial charge >= 0.3 is 0 Å². The van der Waals surface area contributed by atoms with Gasteiger partial charge in [-0.2, -0.15) is 11.3 Å². The number of methoxy groups -OCH3 is 1. The van der Waals surface area contributed by atoms with Gasteiger partial charge in [-0.3, -0.25) is 0 Å². The third kappa shape index (κ3) is 2.69. The predicted molar refractivity (Wildman–Crippen MR) is 86.6 cm³/mol. The molecule has 4 heteroatoms. The molecule has 3 rings (SSSR count). The van der Waals surface area contributed by atoms with Crippen LogP contribution in [-0.4, -0.2) is 12.1 Å². The molecule has 0 N–H and O–H groups in total. The van der Waals surface area contributed by atoms with Crippen molar-refractivity contribution in [3.8, 4) is 5.75 Å². The van der Waals surface area contributed by atoms with E-state index in [0.29, 0.717) is 5.02 Å². The molecule has 0 spiro atoms. The van der Waals surface area contributed by atoms with Gasteiger partial charge in [0.05, 0.1) is 23.3 Å². The number of ether oxygens (including phenoxy) is 1. The highest BCUT2D eigenvalue weighted by atomic mass is 35.5. The van der Waals surface area contributed by atoms with Crippen molar-refractivity contribution in [2.24, 2.45) is 0 Å². The number of thiophene rings is 1. The normalized spacial score (nSPS) is 11.3. The van der Waals surface area contributed by atoms with Crippen molar-refractivity contribution in [1.29, 1.82) is 0 Å². The van der Waals surface area contributed by atoms with Crippen LogP contribution < -0.4 is 4.74 Å². The molecule has 3 aromatic rings. The van der Waals surface area contributed by atoms with Crippen LogP contribution in [0.5, 0.6) is 5.75 Å². The maximum absolute atomic E-state index is 6.32. The average Bonchev–Trinajstić information content (AvgIpc) is 2.98. The Bertz CT molecular complexity index is 765. The molecular weight excluding hydrogens is 290 g/mol. The number of nitrogens with zero attached hydrogens (tertiary/aromatic N) is 1. The van der Waals surface area contributed by atoms with Gasteiger partial charge in [-0.05, 0) is 52.7 Å². The Labute approximate surface area is 126 Å². The van der Waals surface area contributed by atoms with Gasteiger partial charge in [0.2, 0.25) is 0 Å². The Balaban J connectivity index is 2.01. The molecule has 100 valence electrons. The number of benzene rings is 1. The summed E-state index contributed by atoms with van der Waals surface area (Å²) < 4.78 is 5.20. The fourth-order valence-electron chi connectivity index (χ4n) is 1.95. The van der Waals surface area contributed by atoms with Gasteiger partial charge in [-0.15, -0.1) is 0 Å². The highest BCUT2D eigenvalue weighted by Crippen LogP contribution is 2.27. The van der Waals surface area contributed by atoms with E-state index in [1.807, 2.05) is 41.8 Å². The average molecular weight is 302 g/mol. The number of fused-ring (bicyclic) bond motifs is 1. The molecule has 0 saturated heterocycles. The third-order valence-electron chi connectivity index (χ3n) is 2.97. The molecule has 2 aromatic heterocycles. The minimum Gasteiger partial charge on any atom is -0.497 e. The molecule has 0 bridgehead atoms. The van der Waals surface area contributed by atoms with Crippen LogP contribution in [0, 0.1) is 0 Å². The molecule has 0 atom stereocenters. The number of hydrogen-bond donors (Lipinski definition) is 0. The smallest absolute Gasteiger partial charge is 0.119 e. The Morgan fingerprint density at radius 3 is 2.85 bits per heavy atom. The second-order valence-electron chi connectivity index (χ2n) is 4.30. The first-order valence-electron chi connectivity index (χ1n) is 6.11. The van der Waals surface area contributed by atoms with Gasteiger partial charge in [-0.25, -0.2) is 4.98 Å². The predicted octanol–water partition coefficient (Wildman–Crippen LogP) is 5.13. The van der Waals surface area contributed by atoms with E-state index in [4.69, 9.17) is 16.3 Å². The molecule has 0 radical (unpaired) electrons. The fraction of sp³-hybridized carbons (Fsp3) is 0.0625. The Morgan fingerprint density at radius 2 is 2.10 bits per heavy atom. The second kappa shape index (κ2) is 5.65. The third-order valence-corrected chi connectivity index (χ3v) is 3.99. The fourth-order valence-corrected chi connectivity index (χ4v) is 2.84. The van der Waals surface area contributed by atoms with Gasteiger partial charge in [0, 0.05) is 5.39 Å². The van der Waals surface area contributed by atoms with Gasteiger partial charge in [0.25, 0.3) is 0 Å². The topological polar surface area (TPSA) is 22.1 Å². The first kappa shape index (κ1) is 13.2. The van der Waals surface area contributed by atoms with E-state index in [2.05, 4.69) is 16.4 Å². The zero-order valence-electron chi connectivity index (χ0n) is 10.8. The lowest BCUT2D eigenvalue weighted by molar-refractivity contribution is 0.415. The summed E-state index contributed by atoms with van der Waals surface area (Å²) in [5.74, 6) is 0.780. The molecule has 0 fully saturated rings. The molecule has 0 aliphatic heterocycles. The van der Waals surface area contributed by atoms with Crippen LogP contribution in [0.1, 0.15) is 11.3 Å². The molecule has 0 aliphatic rings. The van der Waals surface area contributed by atoms with Crippen molar-refractivity contribution >= 4 is 46.0 Å². The molecule has 2 heterocycles. The SMILES string of the molecule is COc1ccc2nc(/C=C/c3ccsc3)cc(Cl)c2c1. The standard InChI is InChI=1S/C16H12ClNOS/c1-19-13-4-5-16-14(9-13)15(17)8-12(18-16)3-2-11-6-7-20-10-11/h2-10H,1H3/b3-2+. The molecule has 0 amide bonds. The number of aromatic nitrogens is 1. The van der Waals surface area contributed by atoms with E-state index in [1.165, 1.54) is 5.56 Å². The van der Waals surface area contributed by atoms with Crippen LogP contribution in [0.25, 0.3) is 23.1 Å². The molecule has 0 unspecified atom stereocenters. The van der Waals surface area contributed by atoms with Crippen molar-refractivity contribution in [1.82, 2.24) is 4.98 Å². The Hall–Kier alpha value is -1.84. The van der Waals surface area contributed by atoms with E-state index >= 15 is 0 Å². The lowest BCUT2D eigenvalue weighted by Gasteiger charge is -2.05. The van der Waals surface area contributed by atoms with Crippen LogP contribution in [-0.2, 0) is 0 Å². The summed E-state index contributed by atoms with van der Waals surface area (Å²) in [6, 6.07) is 9.64. The summed E-state index contributed by atoms with van der Waals surface area (Å²) in [6.45, 7) is 0. The lowest BCUT2D eigenvalue weighted by atomic mass is 10.2. The van der Waals surface area contributed by atoms with Gasteiger partial charge in [0.15, 0.2) is 0 Å². The summed E-state index contributed by atoms with van der Waals surface area (Å²) in [5, 5.41) is 5.72. The maximum atomic E-state index is 6.32. The summed E-state index contributed by atoms with van der Waals surface area (Å²) in [6.07, 6.45) is 4.00. The zero-order chi connectivity index (χ0) is 13.9. The summed E-state index contributed by atoms with van der Waals surface area (Å²) in [5.41, 5.74) is 2.88. The molecule has 0 saturated carbocycles. The van der Waals surface area contributed by atoms with E-state index in [-0.39, 0.29) is 0 Å². The van der Waals surface area contributed by atoms with E-state index < -0.39 is 0 Å². The van der Waals surface area contributed by atoms with Crippen molar-refractivity contribution in [2.45, 2.75) is 0 Å². The summed E-state index contributed by atoms with van der Waals surface area (Å²) >= 11 is 8.00. The van der Waals surface area contributed by atoms with E-state index in [9.17, 15) is 0 Å². The van der Waals surface area contributed by atoms with Crippen LogP contribution in [0.4, 0.5) is 0 Å². The van der Waals surface area contributed by atoms with Crippen molar-refractivity contribution in [2.75, 3.05) is 7.11 Å². The van der Waals surface area contributed by atoms with E-state index in [1.54, 1.807) is 18.4 Å². The summed E-state index contributed by atoms with van der Waals surface area (Å²) in [4.78, 5) is 4.59. The number of pyridine rings is 1. The number of halogens is 1. The molecule has 20 heavy (non-hydrogen) atoms. The second-order valence-corrected chi connectivity index (χ2v) is 5.49. The minimum absolute atomic E-state index is 0.680. The molecule has 2 nitrogen and oxygen atoms in total. The van der Waals surface area contributed by atoms with Gasteiger partial charge in [0.1, 0.15) is 5.75 Å². The number of hydrogen-bond acceptors (Lipinski definition) is 3. The van der Waals surface area contributed by atoms with Crippen molar-refractivity contribution in [3.05, 3.63) is 57.4 Å². The van der Waals surface area contributed by atoms with Crippen molar-refractivity contribution in [3.63, 3.8) is 0 Å². The first-order chi connectivity index (χ1) is 9.76. The number of rotatable bonds is 3. The molecule has 0 aliphatic carbocycles. The van der Waals surface area contributed by atoms with Gasteiger partial charge in [-0.1, -0.05) is 17.7 Å².